The van der Waals surface area contributed by atoms with Gasteiger partial charge in [-0.25, -0.2) is 4.39 Å². The molecule has 0 fully saturated rings. The van der Waals surface area contributed by atoms with Crippen molar-refractivity contribution in [3.8, 4) is 11.3 Å². The zero-order valence-electron chi connectivity index (χ0n) is 10.4. The summed E-state index contributed by atoms with van der Waals surface area (Å²) < 4.78 is 13.3. The monoisotopic (exact) mass is 265 g/mol. The van der Waals surface area contributed by atoms with Crippen LogP contribution in [0.5, 0.6) is 0 Å². The third-order valence-electron chi connectivity index (χ3n) is 2.90. The summed E-state index contributed by atoms with van der Waals surface area (Å²) in [5.74, 6) is 0.341. The average molecular weight is 266 g/mol. The second-order valence-corrected chi connectivity index (χ2v) is 4.49. The van der Waals surface area contributed by atoms with Gasteiger partial charge in [-0.15, -0.1) is 10.2 Å². The van der Waals surface area contributed by atoms with Crippen molar-refractivity contribution < 1.29 is 4.39 Å². The lowest BCUT2D eigenvalue weighted by molar-refractivity contribution is 0.628. The smallest absolute Gasteiger partial charge is 0.151 e. The predicted octanol–water partition coefficient (Wildman–Crippen LogP) is 3.59. The first kappa shape index (κ1) is 12.8. The normalized spacial score (nSPS) is 10.5. The lowest BCUT2D eigenvalue weighted by Gasteiger charge is -2.11. The average Bonchev–Trinajstić information content (AvgIpc) is 2.31. The quantitative estimate of drug-likeness (QED) is 0.902. The van der Waals surface area contributed by atoms with Crippen LogP contribution in [0, 0.1) is 19.7 Å². The molecule has 0 saturated heterocycles. The molecule has 0 aliphatic heterocycles. The van der Waals surface area contributed by atoms with Gasteiger partial charge in [0.1, 0.15) is 5.82 Å². The molecule has 0 saturated carbocycles. The highest BCUT2D eigenvalue weighted by atomic mass is 35.5. The standard InChI is InChI=1S/C13H13ClFN3/c1-7-8(2)13(16-3)18-17-12(7)9-4-10(14)6-11(15)5-9/h4-6H,1-3H3,(H,16,18). The maximum Gasteiger partial charge on any atom is 0.151 e. The van der Waals surface area contributed by atoms with Gasteiger partial charge in [-0.3, -0.25) is 0 Å². The molecule has 0 spiro atoms. The van der Waals surface area contributed by atoms with Crippen LogP contribution in [0.1, 0.15) is 11.1 Å². The fourth-order valence-electron chi connectivity index (χ4n) is 1.81. The van der Waals surface area contributed by atoms with E-state index in [4.69, 9.17) is 11.6 Å². The molecule has 1 aromatic heterocycles. The van der Waals surface area contributed by atoms with Gasteiger partial charge < -0.3 is 5.32 Å². The van der Waals surface area contributed by atoms with Crippen LogP contribution >= 0.6 is 11.6 Å². The number of aromatic nitrogens is 2. The Labute approximate surface area is 110 Å². The second kappa shape index (κ2) is 4.90. The van der Waals surface area contributed by atoms with E-state index >= 15 is 0 Å². The molecule has 0 aliphatic carbocycles. The predicted molar refractivity (Wildman–Crippen MR) is 71.5 cm³/mol. The number of nitrogens with one attached hydrogen (secondary N) is 1. The zero-order valence-corrected chi connectivity index (χ0v) is 11.1. The minimum absolute atomic E-state index is 0.349. The molecule has 1 aromatic carbocycles. The summed E-state index contributed by atoms with van der Waals surface area (Å²) in [6.45, 7) is 3.87. The molecule has 2 rings (SSSR count). The van der Waals surface area contributed by atoms with E-state index in [1.807, 2.05) is 13.8 Å². The van der Waals surface area contributed by atoms with Gasteiger partial charge in [-0.05, 0) is 43.2 Å². The lowest BCUT2D eigenvalue weighted by atomic mass is 10.0. The summed E-state index contributed by atoms with van der Waals surface area (Å²) in [6.07, 6.45) is 0. The Morgan fingerprint density at radius 1 is 1.11 bits per heavy atom. The van der Waals surface area contributed by atoms with Crippen LogP contribution in [0.25, 0.3) is 11.3 Å². The maximum absolute atomic E-state index is 13.3. The van der Waals surface area contributed by atoms with Gasteiger partial charge in [0.05, 0.1) is 5.69 Å². The summed E-state index contributed by atoms with van der Waals surface area (Å²) in [7, 11) is 1.79. The van der Waals surface area contributed by atoms with Crippen LogP contribution in [0.2, 0.25) is 5.02 Å². The summed E-state index contributed by atoms with van der Waals surface area (Å²) in [5, 5.41) is 11.5. The molecule has 1 heterocycles. The molecule has 0 bridgehead atoms. The number of hydrogen-bond acceptors (Lipinski definition) is 3. The molecule has 0 amide bonds. The van der Waals surface area contributed by atoms with Crippen molar-refractivity contribution in [1.82, 2.24) is 10.2 Å². The van der Waals surface area contributed by atoms with Crippen LogP contribution in [0.3, 0.4) is 0 Å². The zero-order chi connectivity index (χ0) is 13.3. The van der Waals surface area contributed by atoms with Crippen LogP contribution in [-0.4, -0.2) is 17.2 Å². The molecular formula is C13H13ClFN3. The van der Waals surface area contributed by atoms with Gasteiger partial charge in [0, 0.05) is 17.6 Å². The Hall–Kier alpha value is -1.68. The van der Waals surface area contributed by atoms with E-state index in [-0.39, 0.29) is 5.82 Å². The van der Waals surface area contributed by atoms with Gasteiger partial charge in [0.15, 0.2) is 5.82 Å². The topological polar surface area (TPSA) is 37.8 Å². The number of rotatable bonds is 2. The number of hydrogen-bond donors (Lipinski definition) is 1. The van der Waals surface area contributed by atoms with Crippen LogP contribution in [-0.2, 0) is 0 Å². The van der Waals surface area contributed by atoms with Crippen molar-refractivity contribution >= 4 is 17.4 Å². The van der Waals surface area contributed by atoms with Crippen LogP contribution < -0.4 is 5.32 Å². The summed E-state index contributed by atoms with van der Waals surface area (Å²) >= 11 is 5.85. The molecule has 0 aliphatic rings. The van der Waals surface area contributed by atoms with E-state index in [2.05, 4.69) is 15.5 Å². The Bertz CT molecular complexity index is 579. The van der Waals surface area contributed by atoms with Crippen molar-refractivity contribution in [2.24, 2.45) is 0 Å². The fourth-order valence-corrected chi connectivity index (χ4v) is 2.03. The number of anilines is 1. The molecule has 18 heavy (non-hydrogen) atoms. The molecular weight excluding hydrogens is 253 g/mol. The van der Waals surface area contributed by atoms with E-state index in [0.29, 0.717) is 16.3 Å². The Morgan fingerprint density at radius 3 is 2.44 bits per heavy atom. The van der Waals surface area contributed by atoms with Crippen LogP contribution in [0.15, 0.2) is 18.2 Å². The minimum Gasteiger partial charge on any atom is -0.371 e. The molecule has 1 N–H and O–H groups in total. The van der Waals surface area contributed by atoms with Crippen molar-refractivity contribution in [1.29, 1.82) is 0 Å². The number of benzene rings is 1. The molecule has 5 heteroatoms. The molecule has 0 unspecified atom stereocenters. The minimum atomic E-state index is -0.381. The van der Waals surface area contributed by atoms with Gasteiger partial charge in [-0.2, -0.15) is 0 Å². The first-order chi connectivity index (χ1) is 8.52. The van der Waals surface area contributed by atoms with Crippen molar-refractivity contribution in [3.05, 3.63) is 40.2 Å². The van der Waals surface area contributed by atoms with Gasteiger partial charge in [-0.1, -0.05) is 11.6 Å². The van der Waals surface area contributed by atoms with E-state index in [1.165, 1.54) is 12.1 Å². The van der Waals surface area contributed by atoms with E-state index in [9.17, 15) is 4.39 Å². The highest BCUT2D eigenvalue weighted by Crippen LogP contribution is 2.28. The Kier molecular flexibility index (Phi) is 3.48. The van der Waals surface area contributed by atoms with E-state index in [1.54, 1.807) is 13.1 Å². The second-order valence-electron chi connectivity index (χ2n) is 4.06. The van der Waals surface area contributed by atoms with Gasteiger partial charge >= 0.3 is 0 Å². The molecule has 94 valence electrons. The van der Waals surface area contributed by atoms with E-state index < -0.39 is 0 Å². The number of halogens is 2. The third kappa shape index (κ3) is 2.29. The summed E-state index contributed by atoms with van der Waals surface area (Å²) in [6, 6.07) is 4.35. The Balaban J connectivity index is 2.61. The summed E-state index contributed by atoms with van der Waals surface area (Å²) in [4.78, 5) is 0. The van der Waals surface area contributed by atoms with E-state index in [0.717, 1.165) is 16.9 Å². The highest BCUT2D eigenvalue weighted by molar-refractivity contribution is 6.30. The highest BCUT2D eigenvalue weighted by Gasteiger charge is 2.12. The first-order valence-corrected chi connectivity index (χ1v) is 5.89. The maximum atomic E-state index is 13.3. The first-order valence-electron chi connectivity index (χ1n) is 5.51. The van der Waals surface area contributed by atoms with Crippen LogP contribution in [0.4, 0.5) is 10.2 Å². The van der Waals surface area contributed by atoms with Crippen molar-refractivity contribution in [2.75, 3.05) is 12.4 Å². The lowest BCUT2D eigenvalue weighted by Crippen LogP contribution is -2.02. The summed E-state index contributed by atoms with van der Waals surface area (Å²) in [5.41, 5.74) is 3.22. The third-order valence-corrected chi connectivity index (χ3v) is 3.11. The molecule has 3 nitrogen and oxygen atoms in total. The number of nitrogens with zero attached hydrogens (tertiary/aromatic N) is 2. The SMILES string of the molecule is CNc1nnc(-c2cc(F)cc(Cl)c2)c(C)c1C. The molecule has 2 aromatic rings. The van der Waals surface area contributed by atoms with Crippen molar-refractivity contribution in [2.45, 2.75) is 13.8 Å². The largest absolute Gasteiger partial charge is 0.371 e. The Morgan fingerprint density at radius 2 is 1.83 bits per heavy atom. The van der Waals surface area contributed by atoms with Gasteiger partial charge in [0.25, 0.3) is 0 Å². The molecule has 0 atom stereocenters. The fraction of sp³-hybridized carbons (Fsp3) is 0.231. The van der Waals surface area contributed by atoms with Gasteiger partial charge in [0.2, 0.25) is 0 Å². The molecule has 0 radical (unpaired) electrons. The van der Waals surface area contributed by atoms with Crippen molar-refractivity contribution in [3.63, 3.8) is 0 Å².